The lowest BCUT2D eigenvalue weighted by molar-refractivity contribution is 0.0940. The molecule has 0 aliphatic heterocycles. The zero-order valence-corrected chi connectivity index (χ0v) is 8.87. The third-order valence-corrected chi connectivity index (χ3v) is 2.24. The topological polar surface area (TPSA) is 42.0 Å². The lowest BCUT2D eigenvalue weighted by Gasteiger charge is -2.11. The van der Waals surface area contributed by atoms with E-state index in [-0.39, 0.29) is 11.8 Å². The van der Waals surface area contributed by atoms with Crippen LogP contribution >= 0.6 is 0 Å². The number of hydrogen-bond acceptors (Lipinski definition) is 3. The quantitative estimate of drug-likeness (QED) is 0.736. The Morgan fingerprint density at radius 2 is 2.29 bits per heavy atom. The Labute approximate surface area is 84.6 Å². The maximum absolute atomic E-state index is 11.8. The van der Waals surface area contributed by atoms with Crippen LogP contribution in [0.4, 0.5) is 0 Å². The van der Waals surface area contributed by atoms with Gasteiger partial charge in [-0.1, -0.05) is 13.0 Å². The monoisotopic (exact) mass is 192 g/mol. The highest BCUT2D eigenvalue weighted by atomic mass is 16.1. The number of aromatic nitrogens is 1. The highest BCUT2D eigenvalue weighted by Crippen LogP contribution is 2.04. The van der Waals surface area contributed by atoms with Crippen molar-refractivity contribution in [3.63, 3.8) is 0 Å². The van der Waals surface area contributed by atoms with Gasteiger partial charge in [-0.3, -0.25) is 9.78 Å². The summed E-state index contributed by atoms with van der Waals surface area (Å²) in [6.45, 7) is 3.93. The van der Waals surface area contributed by atoms with Crippen molar-refractivity contribution in [3.05, 3.63) is 29.6 Å². The molecule has 0 spiro atoms. The van der Waals surface area contributed by atoms with Crippen molar-refractivity contribution in [1.82, 2.24) is 10.3 Å². The van der Waals surface area contributed by atoms with E-state index < -0.39 is 0 Å². The highest BCUT2D eigenvalue weighted by molar-refractivity contribution is 5.98. The molecule has 0 amide bonds. The number of pyridine rings is 1. The summed E-state index contributed by atoms with van der Waals surface area (Å²) in [5.74, 6) is 0.0648. The standard InChI is InChI=1S/C11H16N2O/c1-4-9(12-3)11(14)10-6-5-8(2)7-13-10/h5-7,9,12H,4H2,1-3H3. The van der Waals surface area contributed by atoms with Gasteiger partial charge in [0.1, 0.15) is 5.69 Å². The molecule has 0 saturated carbocycles. The predicted molar refractivity (Wildman–Crippen MR) is 56.4 cm³/mol. The lowest BCUT2D eigenvalue weighted by Crippen LogP contribution is -2.33. The molecule has 3 heteroatoms. The molecule has 0 bridgehead atoms. The zero-order valence-electron chi connectivity index (χ0n) is 8.87. The van der Waals surface area contributed by atoms with Gasteiger partial charge < -0.3 is 5.32 Å². The highest BCUT2D eigenvalue weighted by Gasteiger charge is 2.16. The van der Waals surface area contributed by atoms with Gasteiger partial charge in [0.05, 0.1) is 6.04 Å². The summed E-state index contributed by atoms with van der Waals surface area (Å²) < 4.78 is 0. The van der Waals surface area contributed by atoms with E-state index in [4.69, 9.17) is 0 Å². The summed E-state index contributed by atoms with van der Waals surface area (Å²) in [5.41, 5.74) is 1.61. The Hall–Kier alpha value is -1.22. The molecule has 1 heterocycles. The number of carbonyl (C=O) groups excluding carboxylic acids is 1. The molecular formula is C11H16N2O. The molecule has 14 heavy (non-hydrogen) atoms. The second kappa shape index (κ2) is 4.86. The summed E-state index contributed by atoms with van der Waals surface area (Å²) >= 11 is 0. The van der Waals surface area contributed by atoms with E-state index in [0.717, 1.165) is 12.0 Å². The molecule has 3 nitrogen and oxygen atoms in total. The van der Waals surface area contributed by atoms with Gasteiger partial charge in [-0.25, -0.2) is 0 Å². The predicted octanol–water partition coefficient (Wildman–Crippen LogP) is 1.57. The molecule has 0 saturated heterocycles. The number of ketones is 1. The van der Waals surface area contributed by atoms with Crippen LogP contribution in [0.5, 0.6) is 0 Å². The third kappa shape index (κ3) is 2.39. The van der Waals surface area contributed by atoms with Crippen LogP contribution in [0, 0.1) is 6.92 Å². The minimum absolute atomic E-state index is 0.0648. The van der Waals surface area contributed by atoms with Crippen LogP contribution in [0.3, 0.4) is 0 Å². The summed E-state index contributed by atoms with van der Waals surface area (Å²) in [4.78, 5) is 15.9. The van der Waals surface area contributed by atoms with E-state index in [1.165, 1.54) is 0 Å². The van der Waals surface area contributed by atoms with Gasteiger partial charge in [-0.15, -0.1) is 0 Å². The molecule has 76 valence electrons. The minimum Gasteiger partial charge on any atom is -0.310 e. The Morgan fingerprint density at radius 3 is 2.71 bits per heavy atom. The summed E-state index contributed by atoms with van der Waals surface area (Å²) in [6, 6.07) is 3.56. The summed E-state index contributed by atoms with van der Waals surface area (Å²) in [5, 5.41) is 2.98. The van der Waals surface area contributed by atoms with Crippen LogP contribution in [-0.2, 0) is 0 Å². The van der Waals surface area contributed by atoms with Gasteiger partial charge in [0.25, 0.3) is 0 Å². The van der Waals surface area contributed by atoms with E-state index in [1.54, 1.807) is 19.3 Å². The first-order valence-corrected chi connectivity index (χ1v) is 4.83. The van der Waals surface area contributed by atoms with E-state index in [9.17, 15) is 4.79 Å². The average molecular weight is 192 g/mol. The fourth-order valence-corrected chi connectivity index (χ4v) is 1.31. The Kier molecular flexibility index (Phi) is 3.77. The van der Waals surface area contributed by atoms with Crippen LogP contribution in [0.25, 0.3) is 0 Å². The minimum atomic E-state index is -0.120. The van der Waals surface area contributed by atoms with Crippen molar-refractivity contribution in [1.29, 1.82) is 0 Å². The van der Waals surface area contributed by atoms with E-state index >= 15 is 0 Å². The molecule has 0 aliphatic rings. The number of rotatable bonds is 4. The first kappa shape index (κ1) is 10.9. The molecule has 1 atom stereocenters. The molecule has 0 aromatic carbocycles. The number of Topliss-reactive ketones (excluding diaryl/α,β-unsaturated/α-hetero) is 1. The second-order valence-corrected chi connectivity index (χ2v) is 3.33. The first-order valence-electron chi connectivity index (χ1n) is 4.83. The van der Waals surface area contributed by atoms with Crippen molar-refractivity contribution in [2.45, 2.75) is 26.3 Å². The van der Waals surface area contributed by atoms with Crippen LogP contribution < -0.4 is 5.32 Å². The molecule has 0 fully saturated rings. The molecule has 1 aromatic rings. The second-order valence-electron chi connectivity index (χ2n) is 3.33. The molecule has 1 aromatic heterocycles. The number of likely N-dealkylation sites (N-methyl/N-ethyl adjacent to an activating group) is 1. The lowest BCUT2D eigenvalue weighted by atomic mass is 10.1. The molecule has 0 aliphatic carbocycles. The van der Waals surface area contributed by atoms with Crippen molar-refractivity contribution >= 4 is 5.78 Å². The smallest absolute Gasteiger partial charge is 0.197 e. The van der Waals surface area contributed by atoms with Gasteiger partial charge in [-0.05, 0) is 32.0 Å². The van der Waals surface area contributed by atoms with E-state index in [0.29, 0.717) is 5.69 Å². The number of hydrogen-bond donors (Lipinski definition) is 1. The number of nitrogens with one attached hydrogen (secondary N) is 1. The molecule has 0 radical (unpaired) electrons. The molecule has 1 rings (SSSR count). The Morgan fingerprint density at radius 1 is 1.57 bits per heavy atom. The number of carbonyl (C=O) groups is 1. The van der Waals surface area contributed by atoms with E-state index in [1.807, 2.05) is 19.9 Å². The molecule has 1 N–H and O–H groups in total. The summed E-state index contributed by atoms with van der Waals surface area (Å²) in [7, 11) is 1.79. The SMILES string of the molecule is CCC(NC)C(=O)c1ccc(C)cn1. The van der Waals surface area contributed by atoms with Gasteiger partial charge in [0.15, 0.2) is 5.78 Å². The van der Waals surface area contributed by atoms with Crippen molar-refractivity contribution < 1.29 is 4.79 Å². The van der Waals surface area contributed by atoms with Crippen LogP contribution in [0.1, 0.15) is 29.4 Å². The fraction of sp³-hybridized carbons (Fsp3) is 0.455. The molecule has 1 unspecified atom stereocenters. The summed E-state index contributed by atoms with van der Waals surface area (Å²) in [6.07, 6.45) is 2.50. The fourth-order valence-electron chi connectivity index (χ4n) is 1.31. The van der Waals surface area contributed by atoms with Gasteiger partial charge in [0.2, 0.25) is 0 Å². The Bertz CT molecular complexity index is 302. The number of nitrogens with zero attached hydrogens (tertiary/aromatic N) is 1. The third-order valence-electron chi connectivity index (χ3n) is 2.24. The maximum atomic E-state index is 11.8. The maximum Gasteiger partial charge on any atom is 0.197 e. The van der Waals surface area contributed by atoms with Gasteiger partial charge >= 0.3 is 0 Å². The zero-order chi connectivity index (χ0) is 10.6. The average Bonchev–Trinajstić information content (AvgIpc) is 2.20. The van der Waals surface area contributed by atoms with E-state index in [2.05, 4.69) is 10.3 Å². The van der Waals surface area contributed by atoms with Crippen molar-refractivity contribution in [2.24, 2.45) is 0 Å². The van der Waals surface area contributed by atoms with Crippen molar-refractivity contribution in [3.8, 4) is 0 Å². The van der Waals surface area contributed by atoms with Gasteiger partial charge in [-0.2, -0.15) is 0 Å². The number of aryl methyl sites for hydroxylation is 1. The largest absolute Gasteiger partial charge is 0.310 e. The van der Waals surface area contributed by atoms with Crippen LogP contribution in [0.15, 0.2) is 18.3 Å². The molecular weight excluding hydrogens is 176 g/mol. The van der Waals surface area contributed by atoms with Crippen LogP contribution in [0.2, 0.25) is 0 Å². The first-order chi connectivity index (χ1) is 6.69. The van der Waals surface area contributed by atoms with Gasteiger partial charge in [0, 0.05) is 6.20 Å². The normalized spacial score (nSPS) is 12.5. The van der Waals surface area contributed by atoms with Crippen LogP contribution in [-0.4, -0.2) is 23.9 Å². The Balaban J connectivity index is 2.83. The van der Waals surface area contributed by atoms with Crippen molar-refractivity contribution in [2.75, 3.05) is 7.05 Å².